The summed E-state index contributed by atoms with van der Waals surface area (Å²) in [5.41, 5.74) is 4.01. The fourth-order valence-electron chi connectivity index (χ4n) is 2.28. The minimum Gasteiger partial charge on any atom is -0.497 e. The summed E-state index contributed by atoms with van der Waals surface area (Å²) in [5.74, 6) is 0.953. The SMILES string of the molecule is COc1ccc(OC)c(/C=C/C(=O)OCc2cc(C)ccc2C)c1. The summed E-state index contributed by atoms with van der Waals surface area (Å²) in [6, 6.07) is 11.5. The van der Waals surface area contributed by atoms with Crippen LogP contribution in [0.25, 0.3) is 6.08 Å². The van der Waals surface area contributed by atoms with Crippen molar-refractivity contribution in [2.75, 3.05) is 14.2 Å². The summed E-state index contributed by atoms with van der Waals surface area (Å²) < 4.78 is 15.8. The number of carbonyl (C=O) groups is 1. The van der Waals surface area contributed by atoms with Gasteiger partial charge in [-0.05, 0) is 49.2 Å². The van der Waals surface area contributed by atoms with Crippen LogP contribution in [-0.2, 0) is 16.1 Å². The summed E-state index contributed by atoms with van der Waals surface area (Å²) >= 11 is 0. The van der Waals surface area contributed by atoms with Crippen molar-refractivity contribution in [2.24, 2.45) is 0 Å². The zero-order chi connectivity index (χ0) is 17.5. The molecule has 0 fully saturated rings. The van der Waals surface area contributed by atoms with Gasteiger partial charge < -0.3 is 14.2 Å². The molecule has 4 heteroatoms. The highest BCUT2D eigenvalue weighted by Crippen LogP contribution is 2.25. The molecule has 0 radical (unpaired) electrons. The van der Waals surface area contributed by atoms with Crippen molar-refractivity contribution in [3.63, 3.8) is 0 Å². The van der Waals surface area contributed by atoms with E-state index in [0.29, 0.717) is 11.5 Å². The first kappa shape index (κ1) is 17.6. The van der Waals surface area contributed by atoms with Crippen LogP contribution < -0.4 is 9.47 Å². The molecular weight excluding hydrogens is 304 g/mol. The molecule has 0 unspecified atom stereocenters. The molecule has 24 heavy (non-hydrogen) atoms. The molecule has 0 N–H and O–H groups in total. The zero-order valence-electron chi connectivity index (χ0n) is 14.5. The highest BCUT2D eigenvalue weighted by atomic mass is 16.5. The van der Waals surface area contributed by atoms with E-state index in [2.05, 4.69) is 0 Å². The first-order valence-corrected chi connectivity index (χ1v) is 7.66. The Balaban J connectivity index is 2.04. The maximum atomic E-state index is 12.0. The number of carbonyl (C=O) groups excluding carboxylic acids is 1. The van der Waals surface area contributed by atoms with Crippen molar-refractivity contribution in [3.8, 4) is 11.5 Å². The summed E-state index contributed by atoms with van der Waals surface area (Å²) in [5, 5.41) is 0. The predicted octanol–water partition coefficient (Wildman–Crippen LogP) is 4.08. The molecule has 0 aliphatic carbocycles. The third-order valence-electron chi connectivity index (χ3n) is 3.71. The normalized spacial score (nSPS) is 10.7. The average molecular weight is 326 g/mol. The Morgan fingerprint density at radius 3 is 2.54 bits per heavy atom. The number of ether oxygens (including phenoxy) is 3. The Labute approximate surface area is 142 Å². The van der Waals surface area contributed by atoms with Gasteiger partial charge in [0.05, 0.1) is 14.2 Å². The van der Waals surface area contributed by atoms with Gasteiger partial charge in [-0.15, -0.1) is 0 Å². The monoisotopic (exact) mass is 326 g/mol. The summed E-state index contributed by atoms with van der Waals surface area (Å²) in [7, 11) is 3.17. The molecule has 0 saturated carbocycles. The topological polar surface area (TPSA) is 44.8 Å². The maximum absolute atomic E-state index is 12.0. The number of benzene rings is 2. The van der Waals surface area contributed by atoms with Gasteiger partial charge in [0.15, 0.2) is 0 Å². The Bertz CT molecular complexity index is 747. The van der Waals surface area contributed by atoms with Gasteiger partial charge in [-0.1, -0.05) is 23.8 Å². The van der Waals surface area contributed by atoms with Crippen LogP contribution in [0.4, 0.5) is 0 Å². The molecule has 2 aromatic rings. The van der Waals surface area contributed by atoms with Gasteiger partial charge in [0.2, 0.25) is 0 Å². The summed E-state index contributed by atoms with van der Waals surface area (Å²) in [6.07, 6.45) is 3.05. The Morgan fingerprint density at radius 2 is 1.83 bits per heavy atom. The largest absolute Gasteiger partial charge is 0.497 e. The van der Waals surface area contributed by atoms with Crippen LogP contribution in [0, 0.1) is 13.8 Å². The van der Waals surface area contributed by atoms with Crippen LogP contribution in [0.1, 0.15) is 22.3 Å². The lowest BCUT2D eigenvalue weighted by Crippen LogP contribution is -2.02. The van der Waals surface area contributed by atoms with Crippen LogP contribution >= 0.6 is 0 Å². The predicted molar refractivity (Wildman–Crippen MR) is 94.3 cm³/mol. The zero-order valence-corrected chi connectivity index (χ0v) is 14.5. The van der Waals surface area contributed by atoms with E-state index in [1.807, 2.05) is 32.0 Å². The lowest BCUT2D eigenvalue weighted by molar-refractivity contribution is -0.138. The van der Waals surface area contributed by atoms with Crippen molar-refractivity contribution >= 4 is 12.0 Å². The Kier molecular flexibility index (Phi) is 6.01. The van der Waals surface area contributed by atoms with Crippen molar-refractivity contribution < 1.29 is 19.0 Å². The minimum absolute atomic E-state index is 0.256. The van der Waals surface area contributed by atoms with Crippen molar-refractivity contribution in [1.29, 1.82) is 0 Å². The first-order chi connectivity index (χ1) is 11.5. The highest BCUT2D eigenvalue weighted by molar-refractivity contribution is 5.87. The molecule has 2 aromatic carbocycles. The maximum Gasteiger partial charge on any atom is 0.331 e. The average Bonchev–Trinajstić information content (AvgIpc) is 2.60. The third kappa shape index (κ3) is 4.62. The molecule has 0 aliphatic rings. The molecule has 4 nitrogen and oxygen atoms in total. The molecule has 0 amide bonds. The second-order valence-corrected chi connectivity index (χ2v) is 5.48. The lowest BCUT2D eigenvalue weighted by atomic mass is 10.1. The third-order valence-corrected chi connectivity index (χ3v) is 3.71. The lowest BCUT2D eigenvalue weighted by Gasteiger charge is -2.08. The molecule has 126 valence electrons. The standard InChI is InChI=1S/C20H22O4/c1-14-5-6-15(2)17(11-14)13-24-20(21)10-7-16-12-18(22-3)8-9-19(16)23-4/h5-12H,13H2,1-4H3/b10-7+. The fourth-order valence-corrected chi connectivity index (χ4v) is 2.28. The van der Waals surface area contributed by atoms with Crippen LogP contribution in [0.3, 0.4) is 0 Å². The van der Waals surface area contributed by atoms with E-state index in [9.17, 15) is 4.79 Å². The van der Waals surface area contributed by atoms with Gasteiger partial charge in [0.25, 0.3) is 0 Å². The van der Waals surface area contributed by atoms with Crippen LogP contribution in [0.5, 0.6) is 11.5 Å². The van der Waals surface area contributed by atoms with Gasteiger partial charge in [-0.25, -0.2) is 4.79 Å². The van der Waals surface area contributed by atoms with Crippen molar-refractivity contribution in [3.05, 3.63) is 64.7 Å². The molecule has 0 heterocycles. The van der Waals surface area contributed by atoms with Crippen molar-refractivity contribution in [2.45, 2.75) is 20.5 Å². The van der Waals surface area contributed by atoms with E-state index >= 15 is 0 Å². The van der Waals surface area contributed by atoms with Gasteiger partial charge in [-0.2, -0.15) is 0 Å². The molecule has 0 saturated heterocycles. The number of hydrogen-bond donors (Lipinski definition) is 0. The van der Waals surface area contributed by atoms with Gasteiger partial charge in [-0.3, -0.25) is 0 Å². The highest BCUT2D eigenvalue weighted by Gasteiger charge is 2.05. The molecule has 0 atom stereocenters. The number of methoxy groups -OCH3 is 2. The quantitative estimate of drug-likeness (QED) is 0.593. The van der Waals surface area contributed by atoms with E-state index in [0.717, 1.165) is 22.3 Å². The molecule has 0 spiro atoms. The smallest absolute Gasteiger partial charge is 0.331 e. The second-order valence-electron chi connectivity index (χ2n) is 5.48. The van der Waals surface area contributed by atoms with Crippen LogP contribution in [0.2, 0.25) is 0 Å². The number of aryl methyl sites for hydroxylation is 2. The first-order valence-electron chi connectivity index (χ1n) is 7.66. The Morgan fingerprint density at radius 1 is 1.04 bits per heavy atom. The van der Waals surface area contributed by atoms with Crippen LogP contribution in [0.15, 0.2) is 42.5 Å². The van der Waals surface area contributed by atoms with Gasteiger partial charge in [0, 0.05) is 11.6 Å². The minimum atomic E-state index is -0.402. The number of rotatable bonds is 6. The van der Waals surface area contributed by atoms with Crippen molar-refractivity contribution in [1.82, 2.24) is 0 Å². The van der Waals surface area contributed by atoms with E-state index in [1.54, 1.807) is 38.5 Å². The second kappa shape index (κ2) is 8.20. The number of hydrogen-bond acceptors (Lipinski definition) is 4. The van der Waals surface area contributed by atoms with Gasteiger partial charge >= 0.3 is 5.97 Å². The Hall–Kier alpha value is -2.75. The summed E-state index contributed by atoms with van der Waals surface area (Å²) in [6.45, 7) is 4.27. The summed E-state index contributed by atoms with van der Waals surface area (Å²) in [4.78, 5) is 12.0. The van der Waals surface area contributed by atoms with E-state index < -0.39 is 5.97 Å². The molecule has 0 aromatic heterocycles. The number of esters is 1. The van der Waals surface area contributed by atoms with E-state index in [-0.39, 0.29) is 6.61 Å². The molecular formula is C20H22O4. The van der Waals surface area contributed by atoms with Crippen LogP contribution in [-0.4, -0.2) is 20.2 Å². The molecule has 2 rings (SSSR count). The molecule has 0 bridgehead atoms. The van der Waals surface area contributed by atoms with Gasteiger partial charge in [0.1, 0.15) is 18.1 Å². The molecule has 0 aliphatic heterocycles. The van der Waals surface area contributed by atoms with E-state index in [4.69, 9.17) is 14.2 Å². The van der Waals surface area contributed by atoms with E-state index in [1.165, 1.54) is 6.08 Å². The fraction of sp³-hybridized carbons (Fsp3) is 0.250.